The molecule has 1 aromatic heterocycles. The van der Waals surface area contributed by atoms with E-state index in [4.69, 9.17) is 9.97 Å². The zero-order valence-corrected chi connectivity index (χ0v) is 19.5. The molecule has 0 aliphatic rings. The molecule has 0 amide bonds. The molecule has 0 atom stereocenters. The third-order valence-corrected chi connectivity index (χ3v) is 13.4. The summed E-state index contributed by atoms with van der Waals surface area (Å²) in [5.74, 6) is 1.13. The van der Waals surface area contributed by atoms with Crippen LogP contribution in [0, 0.1) is 0 Å². The Morgan fingerprint density at radius 1 is 0.696 bits per heavy atom. The molecule has 1 aromatic rings. The van der Waals surface area contributed by atoms with E-state index in [0.29, 0.717) is 5.16 Å². The van der Waals surface area contributed by atoms with Crippen LogP contribution in [-0.2, 0) is 10.8 Å². The Kier molecular flexibility index (Phi) is 5.46. The lowest BCUT2D eigenvalue weighted by Gasteiger charge is -2.38. The molecule has 4 heteroatoms. The zero-order chi connectivity index (χ0) is 18.4. The third-order valence-electron chi connectivity index (χ3n) is 4.27. The molecule has 0 fully saturated rings. The van der Waals surface area contributed by atoms with E-state index in [9.17, 15) is 0 Å². The van der Waals surface area contributed by atoms with E-state index in [1.165, 1.54) is 11.4 Å². The predicted molar refractivity (Wildman–Crippen MR) is 109 cm³/mol. The number of hydrogen-bond donors (Lipinski definition) is 0. The maximum absolute atomic E-state index is 5.11. The largest absolute Gasteiger partial charge is 0.238 e. The number of nitrogens with zero attached hydrogens (tertiary/aromatic N) is 2. The maximum Gasteiger partial charge on any atom is 0.126 e. The highest BCUT2D eigenvalue weighted by Gasteiger charge is 2.41. The van der Waals surface area contributed by atoms with Gasteiger partial charge in [-0.3, -0.25) is 0 Å². The van der Waals surface area contributed by atoms with Crippen molar-refractivity contribution in [3.05, 3.63) is 23.3 Å². The van der Waals surface area contributed by atoms with E-state index < -0.39 is 16.1 Å². The molecule has 1 rings (SSSR count). The zero-order valence-electron chi connectivity index (χ0n) is 17.5. The fraction of sp³-hybridized carbons (Fsp3) is 0.789. The summed E-state index contributed by atoms with van der Waals surface area (Å²) in [4.78, 5) is 10.2. The van der Waals surface area contributed by atoms with Gasteiger partial charge in [0.2, 0.25) is 0 Å². The molecule has 0 spiro atoms. The van der Waals surface area contributed by atoms with Crippen LogP contribution >= 0.6 is 0 Å². The van der Waals surface area contributed by atoms with Crippen molar-refractivity contribution >= 4 is 16.1 Å². The summed E-state index contributed by atoms with van der Waals surface area (Å²) in [5, 5.41) is 0.582. The maximum atomic E-state index is 5.11. The minimum absolute atomic E-state index is 0.0567. The monoisotopic (exact) mass is 350 g/mol. The first kappa shape index (κ1) is 20.6. The first-order valence-corrected chi connectivity index (χ1v) is 16.0. The summed E-state index contributed by atoms with van der Waals surface area (Å²) in [6.45, 7) is 28.4. The summed E-state index contributed by atoms with van der Waals surface area (Å²) in [6.07, 6.45) is 0. The van der Waals surface area contributed by atoms with E-state index >= 15 is 0 Å². The second kappa shape index (κ2) is 6.10. The van der Waals surface area contributed by atoms with Crippen LogP contribution in [0.5, 0.6) is 0 Å². The van der Waals surface area contributed by atoms with Crippen LogP contribution in [0.1, 0.15) is 63.9 Å². The third kappa shape index (κ3) is 5.25. The predicted octanol–water partition coefficient (Wildman–Crippen LogP) is 5.91. The van der Waals surface area contributed by atoms with Gasteiger partial charge in [0.15, 0.2) is 0 Å². The SMILES string of the molecule is CC(C)(C)c1cc(C(C)(C)C)nc(C([Si](C)(C)C)[Si](C)(C)C)n1. The first-order valence-electron chi connectivity index (χ1n) is 8.84. The Hall–Kier alpha value is -0.486. The summed E-state index contributed by atoms with van der Waals surface area (Å²) in [6, 6.07) is 2.23. The minimum Gasteiger partial charge on any atom is -0.238 e. The molecule has 0 saturated carbocycles. The summed E-state index contributed by atoms with van der Waals surface area (Å²) in [7, 11) is -2.78. The van der Waals surface area contributed by atoms with Crippen LogP contribution in [0.3, 0.4) is 0 Å². The van der Waals surface area contributed by atoms with Crippen LogP contribution in [0.15, 0.2) is 6.07 Å². The van der Waals surface area contributed by atoms with Crippen LogP contribution in [0.25, 0.3) is 0 Å². The molecule has 132 valence electrons. The standard InChI is InChI=1S/C19H38N2Si2/c1-18(2,3)14-13-15(19(4,5)6)21-16(20-14)17(22(7,8)9)23(10,11)12/h13,17H,1-12H3. The van der Waals surface area contributed by atoms with Gasteiger partial charge in [-0.1, -0.05) is 80.8 Å². The molecule has 0 aliphatic heterocycles. The van der Waals surface area contributed by atoms with Crippen LogP contribution in [-0.4, -0.2) is 26.1 Å². The number of rotatable bonds is 3. The Morgan fingerprint density at radius 3 is 1.22 bits per heavy atom. The van der Waals surface area contributed by atoms with Gasteiger partial charge in [0, 0.05) is 27.4 Å². The minimum atomic E-state index is -1.39. The average molecular weight is 351 g/mol. The Bertz CT molecular complexity index is 506. The first-order chi connectivity index (χ1) is 9.94. The second-order valence-electron chi connectivity index (χ2n) is 11.2. The Morgan fingerprint density at radius 2 is 1.00 bits per heavy atom. The lowest BCUT2D eigenvalue weighted by atomic mass is 9.86. The van der Waals surface area contributed by atoms with Gasteiger partial charge in [0.1, 0.15) is 5.82 Å². The summed E-state index contributed by atoms with van der Waals surface area (Å²) in [5.41, 5.74) is 2.49. The normalized spacial score (nSPS) is 14.5. The van der Waals surface area contributed by atoms with Crippen molar-refractivity contribution in [1.82, 2.24) is 9.97 Å². The Balaban J connectivity index is 3.69. The molecular weight excluding hydrogens is 312 g/mol. The fourth-order valence-electron chi connectivity index (χ4n) is 3.44. The van der Waals surface area contributed by atoms with Crippen molar-refractivity contribution in [1.29, 1.82) is 0 Å². The topological polar surface area (TPSA) is 25.8 Å². The van der Waals surface area contributed by atoms with Crippen molar-refractivity contribution < 1.29 is 0 Å². The van der Waals surface area contributed by atoms with Gasteiger partial charge in [-0.2, -0.15) is 0 Å². The molecule has 1 heterocycles. The van der Waals surface area contributed by atoms with E-state index in [2.05, 4.69) is 86.9 Å². The molecule has 0 N–H and O–H groups in total. The summed E-state index contributed by atoms with van der Waals surface area (Å²) < 4.78 is 0. The average Bonchev–Trinajstić information content (AvgIpc) is 2.21. The van der Waals surface area contributed by atoms with Gasteiger partial charge >= 0.3 is 0 Å². The van der Waals surface area contributed by atoms with Crippen LogP contribution < -0.4 is 0 Å². The van der Waals surface area contributed by atoms with Gasteiger partial charge in [0.25, 0.3) is 0 Å². The molecule has 0 radical (unpaired) electrons. The van der Waals surface area contributed by atoms with Crippen molar-refractivity contribution in [2.24, 2.45) is 0 Å². The van der Waals surface area contributed by atoms with E-state index in [-0.39, 0.29) is 10.8 Å². The van der Waals surface area contributed by atoms with Gasteiger partial charge in [0.05, 0.1) is 16.1 Å². The van der Waals surface area contributed by atoms with Gasteiger partial charge in [-0.25, -0.2) is 9.97 Å². The van der Waals surface area contributed by atoms with E-state index in [0.717, 1.165) is 5.82 Å². The van der Waals surface area contributed by atoms with E-state index in [1.54, 1.807) is 0 Å². The van der Waals surface area contributed by atoms with Crippen molar-refractivity contribution in [2.75, 3.05) is 0 Å². The van der Waals surface area contributed by atoms with E-state index in [1.807, 2.05) is 0 Å². The second-order valence-corrected chi connectivity index (χ2v) is 22.4. The van der Waals surface area contributed by atoms with Gasteiger partial charge < -0.3 is 0 Å². The van der Waals surface area contributed by atoms with Crippen LogP contribution in [0.2, 0.25) is 39.3 Å². The Labute approximate surface area is 146 Å². The highest BCUT2D eigenvalue weighted by molar-refractivity contribution is 6.96. The molecule has 0 unspecified atom stereocenters. The quantitative estimate of drug-likeness (QED) is 0.633. The molecular formula is C19H38N2Si2. The molecule has 0 aliphatic carbocycles. The highest BCUT2D eigenvalue weighted by Crippen LogP contribution is 2.36. The van der Waals surface area contributed by atoms with Crippen LogP contribution in [0.4, 0.5) is 0 Å². The van der Waals surface area contributed by atoms with Crippen molar-refractivity contribution in [2.45, 2.75) is 96.8 Å². The highest BCUT2D eigenvalue weighted by atomic mass is 28.4. The number of hydrogen-bond acceptors (Lipinski definition) is 2. The lowest BCUT2D eigenvalue weighted by Crippen LogP contribution is -2.47. The smallest absolute Gasteiger partial charge is 0.126 e. The fourth-order valence-corrected chi connectivity index (χ4v) is 15.6. The molecule has 2 nitrogen and oxygen atoms in total. The van der Waals surface area contributed by atoms with Gasteiger partial charge in [-0.05, 0) is 6.07 Å². The molecule has 23 heavy (non-hydrogen) atoms. The summed E-state index contributed by atoms with van der Waals surface area (Å²) >= 11 is 0. The number of aromatic nitrogens is 2. The van der Waals surface area contributed by atoms with Crippen molar-refractivity contribution in [3.8, 4) is 0 Å². The molecule has 0 saturated heterocycles. The van der Waals surface area contributed by atoms with Crippen molar-refractivity contribution in [3.63, 3.8) is 0 Å². The molecule has 0 aromatic carbocycles. The van der Waals surface area contributed by atoms with Gasteiger partial charge in [-0.15, -0.1) is 0 Å². The molecule has 0 bridgehead atoms. The lowest BCUT2D eigenvalue weighted by molar-refractivity contribution is 0.531.